The van der Waals surface area contributed by atoms with Crippen LogP contribution in [0.15, 0.2) is 36.9 Å². The molecule has 146 valence electrons. The molecule has 0 aliphatic carbocycles. The fourth-order valence-electron chi connectivity index (χ4n) is 3.05. The fraction of sp³-hybridized carbons (Fsp3) is 0.350. The first-order valence-corrected chi connectivity index (χ1v) is 9.11. The van der Waals surface area contributed by atoms with Gasteiger partial charge >= 0.3 is 0 Å². The van der Waals surface area contributed by atoms with E-state index in [-0.39, 0.29) is 11.1 Å². The monoisotopic (exact) mass is 384 g/mol. The third-order valence-electron chi connectivity index (χ3n) is 4.51. The number of nitrogens with zero attached hydrogens (tertiary/aromatic N) is 4. The molecular weight excluding hydrogens is 362 g/mol. The predicted octanol–water partition coefficient (Wildman–Crippen LogP) is 4.71. The minimum absolute atomic E-state index is 0.116. The van der Waals surface area contributed by atoms with Crippen molar-refractivity contribution in [2.24, 2.45) is 5.41 Å². The summed E-state index contributed by atoms with van der Waals surface area (Å²) in [6.45, 7) is 6.08. The summed E-state index contributed by atoms with van der Waals surface area (Å²) in [5.41, 5.74) is 3.31. The lowest BCUT2D eigenvalue weighted by atomic mass is 9.97. The van der Waals surface area contributed by atoms with Crippen molar-refractivity contribution in [3.05, 3.63) is 42.6 Å². The van der Waals surface area contributed by atoms with E-state index in [9.17, 15) is 8.78 Å². The van der Waals surface area contributed by atoms with Gasteiger partial charge in [-0.05, 0) is 17.5 Å². The standard InChI is InChI=1S/C20H22F2N6/c1-20(2,3)11-26-19-25-8-14-13(7-24-18(14)27-19)12-4-5-17-23-9-16(15(22)6-21)28(17)10-12/h4-5,7-10,15H,6,11H2,1-3H3,(H2,24,25,26,27). The van der Waals surface area contributed by atoms with Crippen molar-refractivity contribution in [1.29, 1.82) is 0 Å². The third-order valence-corrected chi connectivity index (χ3v) is 4.51. The molecule has 4 rings (SSSR count). The number of H-pyrrole nitrogens is 1. The molecule has 0 saturated carbocycles. The fourth-order valence-corrected chi connectivity index (χ4v) is 3.05. The molecule has 4 heterocycles. The van der Waals surface area contributed by atoms with Crippen LogP contribution in [0.4, 0.5) is 14.7 Å². The minimum Gasteiger partial charge on any atom is -0.354 e. The van der Waals surface area contributed by atoms with Crippen molar-refractivity contribution >= 4 is 22.6 Å². The highest BCUT2D eigenvalue weighted by Gasteiger charge is 2.17. The van der Waals surface area contributed by atoms with Gasteiger partial charge in [-0.15, -0.1) is 0 Å². The Hall–Kier alpha value is -3.03. The number of imidazole rings is 1. The lowest BCUT2D eigenvalue weighted by molar-refractivity contribution is 0.259. The number of halogens is 2. The van der Waals surface area contributed by atoms with Gasteiger partial charge in [-0.1, -0.05) is 20.8 Å². The van der Waals surface area contributed by atoms with Crippen molar-refractivity contribution in [3.63, 3.8) is 0 Å². The summed E-state index contributed by atoms with van der Waals surface area (Å²) >= 11 is 0. The van der Waals surface area contributed by atoms with Crippen LogP contribution in [0.2, 0.25) is 0 Å². The van der Waals surface area contributed by atoms with E-state index in [0.29, 0.717) is 17.2 Å². The van der Waals surface area contributed by atoms with E-state index in [1.54, 1.807) is 22.9 Å². The van der Waals surface area contributed by atoms with E-state index in [2.05, 4.69) is 46.0 Å². The number of fused-ring (bicyclic) bond motifs is 2. The third kappa shape index (κ3) is 3.42. The highest BCUT2D eigenvalue weighted by molar-refractivity contribution is 5.93. The minimum atomic E-state index is -1.70. The molecule has 0 amide bonds. The second-order valence-electron chi connectivity index (χ2n) is 8.02. The van der Waals surface area contributed by atoms with Crippen LogP contribution in [-0.4, -0.2) is 37.6 Å². The highest BCUT2D eigenvalue weighted by atomic mass is 19.2. The van der Waals surface area contributed by atoms with Crippen molar-refractivity contribution in [1.82, 2.24) is 24.3 Å². The van der Waals surface area contributed by atoms with Crippen LogP contribution in [0.1, 0.15) is 32.6 Å². The number of hydrogen-bond acceptors (Lipinski definition) is 4. The van der Waals surface area contributed by atoms with Gasteiger partial charge in [0.15, 0.2) is 6.17 Å². The molecule has 0 bridgehead atoms. The maximum atomic E-state index is 13.9. The second-order valence-corrected chi connectivity index (χ2v) is 8.02. The van der Waals surface area contributed by atoms with E-state index in [1.165, 1.54) is 6.20 Å². The number of pyridine rings is 1. The molecule has 0 fully saturated rings. The van der Waals surface area contributed by atoms with Gasteiger partial charge in [0.25, 0.3) is 0 Å². The summed E-state index contributed by atoms with van der Waals surface area (Å²) < 4.78 is 28.3. The van der Waals surface area contributed by atoms with Crippen LogP contribution in [0.5, 0.6) is 0 Å². The van der Waals surface area contributed by atoms with Gasteiger partial charge in [0, 0.05) is 41.6 Å². The van der Waals surface area contributed by atoms with Crippen LogP contribution in [0, 0.1) is 5.41 Å². The van der Waals surface area contributed by atoms with Gasteiger partial charge in [-0.25, -0.2) is 18.7 Å². The molecule has 0 aliphatic rings. The molecule has 0 saturated heterocycles. The Kier molecular flexibility index (Phi) is 4.49. The lowest BCUT2D eigenvalue weighted by Gasteiger charge is -2.18. The Morgan fingerprint density at radius 3 is 2.79 bits per heavy atom. The summed E-state index contributed by atoms with van der Waals surface area (Å²) in [5.74, 6) is 0.561. The predicted molar refractivity (Wildman–Crippen MR) is 106 cm³/mol. The van der Waals surface area contributed by atoms with Crippen molar-refractivity contribution < 1.29 is 8.78 Å². The number of alkyl halides is 2. The second kappa shape index (κ2) is 6.85. The number of hydrogen-bond donors (Lipinski definition) is 2. The van der Waals surface area contributed by atoms with Gasteiger partial charge in [-0.3, -0.25) is 0 Å². The summed E-state index contributed by atoms with van der Waals surface area (Å²) in [6, 6.07) is 3.67. The zero-order valence-electron chi connectivity index (χ0n) is 16.0. The molecule has 0 radical (unpaired) electrons. The number of aromatic nitrogens is 5. The summed E-state index contributed by atoms with van der Waals surface area (Å²) in [5, 5.41) is 4.09. The Morgan fingerprint density at radius 1 is 1.21 bits per heavy atom. The number of nitrogens with one attached hydrogen (secondary N) is 2. The molecule has 4 aromatic heterocycles. The van der Waals surface area contributed by atoms with E-state index in [1.807, 2.05) is 12.3 Å². The van der Waals surface area contributed by atoms with E-state index >= 15 is 0 Å². The topological polar surface area (TPSA) is 70.9 Å². The first kappa shape index (κ1) is 18.3. The number of aromatic amines is 1. The number of anilines is 1. The molecule has 2 N–H and O–H groups in total. The van der Waals surface area contributed by atoms with Gasteiger partial charge in [-0.2, -0.15) is 4.98 Å². The van der Waals surface area contributed by atoms with Crippen molar-refractivity contribution in [2.75, 3.05) is 18.5 Å². The van der Waals surface area contributed by atoms with E-state index in [4.69, 9.17) is 0 Å². The average molecular weight is 384 g/mol. The zero-order valence-corrected chi connectivity index (χ0v) is 16.0. The van der Waals surface area contributed by atoms with Crippen LogP contribution in [0.25, 0.3) is 27.8 Å². The maximum Gasteiger partial charge on any atom is 0.224 e. The highest BCUT2D eigenvalue weighted by Crippen LogP contribution is 2.29. The molecule has 4 aromatic rings. The average Bonchev–Trinajstić information content (AvgIpc) is 3.28. The first-order valence-electron chi connectivity index (χ1n) is 9.11. The van der Waals surface area contributed by atoms with Crippen LogP contribution in [0.3, 0.4) is 0 Å². The largest absolute Gasteiger partial charge is 0.354 e. The van der Waals surface area contributed by atoms with Crippen LogP contribution in [-0.2, 0) is 0 Å². The van der Waals surface area contributed by atoms with Gasteiger partial charge in [0.1, 0.15) is 18.0 Å². The van der Waals surface area contributed by atoms with Crippen molar-refractivity contribution in [2.45, 2.75) is 26.9 Å². The molecule has 1 atom stereocenters. The van der Waals surface area contributed by atoms with E-state index < -0.39 is 12.8 Å². The molecule has 6 nitrogen and oxygen atoms in total. The molecule has 0 aliphatic heterocycles. The molecule has 0 spiro atoms. The number of rotatable bonds is 5. The summed E-state index contributed by atoms with van der Waals surface area (Å²) in [7, 11) is 0. The zero-order chi connectivity index (χ0) is 19.9. The molecule has 8 heteroatoms. The van der Waals surface area contributed by atoms with Crippen LogP contribution >= 0.6 is 0 Å². The quantitative estimate of drug-likeness (QED) is 0.523. The summed E-state index contributed by atoms with van der Waals surface area (Å²) in [4.78, 5) is 16.2. The van der Waals surface area contributed by atoms with E-state index in [0.717, 1.165) is 23.1 Å². The van der Waals surface area contributed by atoms with Crippen LogP contribution < -0.4 is 5.32 Å². The maximum absolute atomic E-state index is 13.9. The molecule has 1 unspecified atom stereocenters. The van der Waals surface area contributed by atoms with Gasteiger partial charge < -0.3 is 14.7 Å². The lowest BCUT2D eigenvalue weighted by Crippen LogP contribution is -2.20. The first-order chi connectivity index (χ1) is 13.4. The Bertz CT molecular complexity index is 1120. The molecule has 0 aromatic carbocycles. The normalized spacial score (nSPS) is 13.3. The molecule has 28 heavy (non-hydrogen) atoms. The molecular formula is C20H22F2N6. The smallest absolute Gasteiger partial charge is 0.224 e. The summed E-state index contributed by atoms with van der Waals surface area (Å²) in [6.07, 6.45) is 5.03. The Balaban J connectivity index is 1.71. The SMILES string of the molecule is CC(C)(C)CNc1ncc2c(-c3ccc4ncc(C(F)CF)n4c3)c[nH]c2n1. The van der Waals surface area contributed by atoms with Gasteiger partial charge in [0.05, 0.1) is 11.9 Å². The Labute approximate surface area is 161 Å². The Morgan fingerprint density at radius 2 is 2.04 bits per heavy atom. The van der Waals surface area contributed by atoms with Gasteiger partial charge in [0.2, 0.25) is 5.95 Å². The van der Waals surface area contributed by atoms with Crippen molar-refractivity contribution in [3.8, 4) is 11.1 Å².